The molecule has 1 unspecified atom stereocenters. The van der Waals surface area contributed by atoms with E-state index in [9.17, 15) is 9.59 Å². The molecule has 0 aliphatic carbocycles. The summed E-state index contributed by atoms with van der Waals surface area (Å²) >= 11 is 0. The van der Waals surface area contributed by atoms with Crippen LogP contribution in [0.1, 0.15) is 17.3 Å². The molecule has 0 saturated carbocycles. The molecule has 5 nitrogen and oxygen atoms in total. The fourth-order valence-corrected chi connectivity index (χ4v) is 1.18. The number of ether oxygens (including phenoxy) is 2. The van der Waals surface area contributed by atoms with E-state index in [1.165, 1.54) is 6.92 Å². The number of esters is 2. The van der Waals surface area contributed by atoms with Crippen LogP contribution in [0.3, 0.4) is 0 Å². The Morgan fingerprint density at radius 2 is 1.94 bits per heavy atom. The third-order valence-corrected chi connectivity index (χ3v) is 1.95. The van der Waals surface area contributed by atoms with E-state index in [4.69, 9.17) is 14.6 Å². The Balaban J connectivity index is 2.44. The smallest absolute Gasteiger partial charge is 0.338 e. The van der Waals surface area contributed by atoms with Crippen molar-refractivity contribution in [3.05, 3.63) is 35.9 Å². The predicted molar refractivity (Wildman–Crippen MR) is 59.4 cm³/mol. The molecule has 1 rings (SSSR count). The van der Waals surface area contributed by atoms with Gasteiger partial charge in [-0.2, -0.15) is 0 Å². The van der Waals surface area contributed by atoms with Gasteiger partial charge in [-0.25, -0.2) is 4.79 Å². The third kappa shape index (κ3) is 4.65. The Kier molecular flexibility index (Phi) is 5.16. The van der Waals surface area contributed by atoms with Gasteiger partial charge in [-0.15, -0.1) is 0 Å². The second-order valence-electron chi connectivity index (χ2n) is 3.38. The summed E-state index contributed by atoms with van der Waals surface area (Å²) in [5, 5.41) is 8.89. The Bertz CT molecular complexity index is 374. The lowest BCUT2D eigenvalue weighted by molar-refractivity contribution is -0.150. The van der Waals surface area contributed by atoms with E-state index in [-0.39, 0.29) is 13.2 Å². The lowest BCUT2D eigenvalue weighted by Crippen LogP contribution is -2.27. The minimum absolute atomic E-state index is 0.163. The highest BCUT2D eigenvalue weighted by molar-refractivity contribution is 5.89. The van der Waals surface area contributed by atoms with Gasteiger partial charge in [-0.05, 0) is 12.1 Å². The molecule has 1 aromatic rings. The lowest BCUT2D eigenvalue weighted by Gasteiger charge is -2.14. The topological polar surface area (TPSA) is 72.8 Å². The zero-order chi connectivity index (χ0) is 12.7. The summed E-state index contributed by atoms with van der Waals surface area (Å²) in [6.45, 7) is 0.674. The maximum Gasteiger partial charge on any atom is 0.338 e. The molecule has 0 saturated heterocycles. The number of carbonyl (C=O) groups is 2. The van der Waals surface area contributed by atoms with Crippen LogP contribution in [0, 0.1) is 0 Å². The largest absolute Gasteiger partial charge is 0.458 e. The normalized spacial score (nSPS) is 11.6. The second-order valence-corrected chi connectivity index (χ2v) is 3.38. The fourth-order valence-electron chi connectivity index (χ4n) is 1.18. The molecule has 1 N–H and O–H groups in total. The van der Waals surface area contributed by atoms with Crippen LogP contribution in [0.4, 0.5) is 0 Å². The summed E-state index contributed by atoms with van der Waals surface area (Å²) in [5.41, 5.74) is 0.409. The van der Waals surface area contributed by atoms with Gasteiger partial charge < -0.3 is 14.6 Å². The third-order valence-electron chi connectivity index (χ3n) is 1.95. The SMILES string of the molecule is CC(=O)OC(CO)COC(=O)c1ccccc1. The van der Waals surface area contributed by atoms with E-state index >= 15 is 0 Å². The number of aliphatic hydroxyl groups is 1. The summed E-state index contributed by atoms with van der Waals surface area (Å²) in [5.74, 6) is -1.05. The Hall–Kier alpha value is -1.88. The highest BCUT2D eigenvalue weighted by Gasteiger charge is 2.14. The van der Waals surface area contributed by atoms with Gasteiger partial charge in [0.05, 0.1) is 12.2 Å². The minimum Gasteiger partial charge on any atom is -0.458 e. The minimum atomic E-state index is -0.819. The first-order valence-corrected chi connectivity index (χ1v) is 5.13. The number of carbonyl (C=O) groups excluding carboxylic acids is 2. The molecule has 0 fully saturated rings. The van der Waals surface area contributed by atoms with Crippen LogP contribution in [0.2, 0.25) is 0 Å². The van der Waals surface area contributed by atoms with Gasteiger partial charge in [0.1, 0.15) is 6.61 Å². The van der Waals surface area contributed by atoms with Crippen LogP contribution in [-0.2, 0) is 14.3 Å². The molecule has 0 spiro atoms. The Morgan fingerprint density at radius 3 is 2.47 bits per heavy atom. The monoisotopic (exact) mass is 238 g/mol. The number of benzene rings is 1. The maximum absolute atomic E-state index is 11.5. The van der Waals surface area contributed by atoms with Crippen molar-refractivity contribution in [2.75, 3.05) is 13.2 Å². The number of aliphatic hydroxyl groups excluding tert-OH is 1. The van der Waals surface area contributed by atoms with Gasteiger partial charge in [-0.3, -0.25) is 4.79 Å². The van der Waals surface area contributed by atoms with Gasteiger partial charge in [0.25, 0.3) is 0 Å². The molecule has 1 atom stereocenters. The van der Waals surface area contributed by atoms with E-state index in [1.54, 1.807) is 30.3 Å². The summed E-state index contributed by atoms with van der Waals surface area (Å²) in [7, 11) is 0. The molecule has 92 valence electrons. The molecular formula is C12H14O5. The highest BCUT2D eigenvalue weighted by atomic mass is 16.6. The summed E-state index contributed by atoms with van der Waals surface area (Å²) in [4.78, 5) is 22.2. The number of hydrogen-bond acceptors (Lipinski definition) is 5. The van der Waals surface area contributed by atoms with Gasteiger partial charge >= 0.3 is 11.9 Å². The van der Waals surface area contributed by atoms with Gasteiger partial charge in [0.2, 0.25) is 0 Å². The summed E-state index contributed by atoms with van der Waals surface area (Å²) in [6.07, 6.45) is -0.819. The van der Waals surface area contributed by atoms with Crippen molar-refractivity contribution in [3.63, 3.8) is 0 Å². The van der Waals surface area contributed by atoms with E-state index < -0.39 is 18.0 Å². The Labute approximate surface area is 99.0 Å². The summed E-state index contributed by atoms with van der Waals surface area (Å²) < 4.78 is 9.63. The molecular weight excluding hydrogens is 224 g/mol. The Morgan fingerprint density at radius 1 is 1.29 bits per heavy atom. The average Bonchev–Trinajstić information content (AvgIpc) is 2.34. The van der Waals surface area contributed by atoms with E-state index in [0.717, 1.165) is 0 Å². The molecule has 1 aromatic carbocycles. The van der Waals surface area contributed by atoms with E-state index in [2.05, 4.69) is 0 Å². The molecule has 0 heterocycles. The van der Waals surface area contributed by atoms with Gasteiger partial charge in [0, 0.05) is 6.92 Å². The van der Waals surface area contributed by atoms with E-state index in [1.807, 2.05) is 0 Å². The van der Waals surface area contributed by atoms with Crippen molar-refractivity contribution in [1.82, 2.24) is 0 Å². The van der Waals surface area contributed by atoms with Crippen LogP contribution in [-0.4, -0.2) is 36.4 Å². The van der Waals surface area contributed by atoms with Crippen LogP contribution in [0.5, 0.6) is 0 Å². The van der Waals surface area contributed by atoms with Crippen molar-refractivity contribution >= 4 is 11.9 Å². The number of rotatable bonds is 5. The predicted octanol–water partition coefficient (Wildman–Crippen LogP) is 0.767. The zero-order valence-electron chi connectivity index (χ0n) is 9.46. The van der Waals surface area contributed by atoms with Gasteiger partial charge in [-0.1, -0.05) is 18.2 Å². The van der Waals surface area contributed by atoms with Crippen LogP contribution < -0.4 is 0 Å². The maximum atomic E-state index is 11.5. The molecule has 0 radical (unpaired) electrons. The van der Waals surface area contributed by atoms with Crippen LogP contribution in [0.25, 0.3) is 0 Å². The highest BCUT2D eigenvalue weighted by Crippen LogP contribution is 2.02. The van der Waals surface area contributed by atoms with E-state index in [0.29, 0.717) is 5.56 Å². The molecule has 0 aliphatic rings. The molecule has 0 amide bonds. The molecule has 5 heteroatoms. The average molecular weight is 238 g/mol. The van der Waals surface area contributed by atoms with Crippen molar-refractivity contribution in [3.8, 4) is 0 Å². The molecule has 17 heavy (non-hydrogen) atoms. The standard InChI is InChI=1S/C12H14O5/c1-9(14)17-11(7-13)8-16-12(15)10-5-3-2-4-6-10/h2-6,11,13H,7-8H2,1H3. The second kappa shape index (κ2) is 6.65. The van der Waals surface area contributed by atoms with Crippen molar-refractivity contribution < 1.29 is 24.2 Å². The van der Waals surface area contributed by atoms with Crippen molar-refractivity contribution in [1.29, 1.82) is 0 Å². The molecule has 0 aliphatic heterocycles. The van der Waals surface area contributed by atoms with Crippen molar-refractivity contribution in [2.45, 2.75) is 13.0 Å². The van der Waals surface area contributed by atoms with Crippen molar-refractivity contribution in [2.24, 2.45) is 0 Å². The quantitative estimate of drug-likeness (QED) is 0.767. The lowest BCUT2D eigenvalue weighted by atomic mass is 10.2. The van der Waals surface area contributed by atoms with Crippen LogP contribution >= 0.6 is 0 Å². The molecule has 0 bridgehead atoms. The van der Waals surface area contributed by atoms with Gasteiger partial charge in [0.15, 0.2) is 6.10 Å². The van der Waals surface area contributed by atoms with Crippen LogP contribution in [0.15, 0.2) is 30.3 Å². The zero-order valence-corrected chi connectivity index (χ0v) is 9.46. The number of hydrogen-bond donors (Lipinski definition) is 1. The fraction of sp³-hybridized carbons (Fsp3) is 0.333. The summed E-state index contributed by atoms with van der Waals surface area (Å²) in [6, 6.07) is 8.44. The first-order chi connectivity index (χ1) is 8.13. The first kappa shape index (κ1) is 13.2. The molecule has 0 aromatic heterocycles. The first-order valence-electron chi connectivity index (χ1n) is 5.13.